The number of hydrogen-bond donors (Lipinski definition) is 1. The highest BCUT2D eigenvalue weighted by Gasteiger charge is 2.17. The summed E-state index contributed by atoms with van der Waals surface area (Å²) in [4.78, 5) is 11.3. The molecule has 1 aliphatic rings. The predicted octanol–water partition coefficient (Wildman–Crippen LogP) is 3.20. The summed E-state index contributed by atoms with van der Waals surface area (Å²) < 4.78 is 7.80. The van der Waals surface area contributed by atoms with Gasteiger partial charge in [0.15, 0.2) is 5.16 Å². The minimum absolute atomic E-state index is 0.0864. The Morgan fingerprint density at radius 1 is 1.42 bits per heavy atom. The molecule has 6 nitrogen and oxygen atoms in total. The van der Waals surface area contributed by atoms with E-state index in [1.165, 1.54) is 13.3 Å². The van der Waals surface area contributed by atoms with Gasteiger partial charge in [0.2, 0.25) is 5.91 Å². The lowest BCUT2D eigenvalue weighted by Gasteiger charge is -2.21. The largest absolute Gasteiger partial charge is 0.377 e. The Hall–Kier alpha value is -1.86. The Morgan fingerprint density at radius 3 is 3.04 bits per heavy atom. The van der Waals surface area contributed by atoms with Gasteiger partial charge in [0.05, 0.1) is 11.8 Å². The van der Waals surface area contributed by atoms with Crippen LogP contribution in [-0.4, -0.2) is 39.1 Å². The summed E-state index contributed by atoms with van der Waals surface area (Å²) in [5.74, 6) is 1.61. The molecule has 0 saturated carbocycles. The lowest BCUT2D eigenvalue weighted by Crippen LogP contribution is -2.21. The molecule has 1 amide bonds. The van der Waals surface area contributed by atoms with Crippen molar-refractivity contribution in [2.24, 2.45) is 0 Å². The third kappa shape index (κ3) is 4.15. The maximum Gasteiger partial charge on any atom is 0.221 e. The molecule has 1 aromatic heterocycles. The Kier molecular flexibility index (Phi) is 5.52. The van der Waals surface area contributed by atoms with Crippen LogP contribution in [0, 0.1) is 6.92 Å². The normalized spacial score (nSPS) is 17.7. The molecule has 3 rings (SSSR count). The van der Waals surface area contributed by atoms with Crippen LogP contribution in [0.3, 0.4) is 0 Å². The van der Waals surface area contributed by atoms with E-state index in [4.69, 9.17) is 4.74 Å². The van der Waals surface area contributed by atoms with Crippen molar-refractivity contribution in [3.05, 3.63) is 30.1 Å². The number of benzene rings is 1. The molecule has 2 aromatic rings. The fourth-order valence-electron chi connectivity index (χ4n) is 2.77. The Bertz CT molecular complexity index is 710. The van der Waals surface area contributed by atoms with Crippen LogP contribution in [0.2, 0.25) is 0 Å². The summed E-state index contributed by atoms with van der Waals surface area (Å²) in [6.45, 7) is 4.29. The molecule has 0 spiro atoms. The smallest absolute Gasteiger partial charge is 0.221 e. The topological polar surface area (TPSA) is 69.0 Å². The Labute approximate surface area is 146 Å². The van der Waals surface area contributed by atoms with Crippen LogP contribution in [0.5, 0.6) is 0 Å². The van der Waals surface area contributed by atoms with Crippen LogP contribution >= 0.6 is 11.8 Å². The molecule has 7 heteroatoms. The molecule has 1 atom stereocenters. The first kappa shape index (κ1) is 17.0. The first-order valence-electron chi connectivity index (χ1n) is 8.18. The van der Waals surface area contributed by atoms with E-state index in [2.05, 4.69) is 15.5 Å². The number of aryl methyl sites for hydroxylation is 1. The van der Waals surface area contributed by atoms with Crippen molar-refractivity contribution in [1.82, 2.24) is 14.8 Å². The Balaban J connectivity index is 1.78. The zero-order chi connectivity index (χ0) is 16.9. The molecule has 1 aliphatic heterocycles. The third-order valence-electron chi connectivity index (χ3n) is 3.89. The van der Waals surface area contributed by atoms with Crippen LogP contribution in [0.25, 0.3) is 5.69 Å². The van der Waals surface area contributed by atoms with Crippen LogP contribution in [0.1, 0.15) is 32.0 Å². The van der Waals surface area contributed by atoms with Crippen molar-refractivity contribution in [3.8, 4) is 5.69 Å². The van der Waals surface area contributed by atoms with Crippen molar-refractivity contribution in [1.29, 1.82) is 0 Å². The molecular formula is C17H22N4O2S. The summed E-state index contributed by atoms with van der Waals surface area (Å²) in [6.07, 6.45) is 3.79. The van der Waals surface area contributed by atoms with Gasteiger partial charge in [-0.3, -0.25) is 9.36 Å². The first-order chi connectivity index (χ1) is 11.6. The molecule has 24 heavy (non-hydrogen) atoms. The Morgan fingerprint density at radius 2 is 2.29 bits per heavy atom. The monoisotopic (exact) mass is 346 g/mol. The van der Waals surface area contributed by atoms with Crippen LogP contribution in [-0.2, 0) is 9.53 Å². The lowest BCUT2D eigenvalue weighted by molar-refractivity contribution is -0.114. The van der Waals surface area contributed by atoms with Crippen molar-refractivity contribution < 1.29 is 9.53 Å². The quantitative estimate of drug-likeness (QED) is 0.842. The lowest BCUT2D eigenvalue weighted by atomic mass is 10.1. The summed E-state index contributed by atoms with van der Waals surface area (Å²) in [7, 11) is 0. The van der Waals surface area contributed by atoms with Crippen LogP contribution in [0.15, 0.2) is 29.4 Å². The highest BCUT2D eigenvalue weighted by Crippen LogP contribution is 2.26. The zero-order valence-electron chi connectivity index (χ0n) is 14.0. The minimum Gasteiger partial charge on any atom is -0.377 e. The van der Waals surface area contributed by atoms with E-state index in [0.29, 0.717) is 6.10 Å². The van der Waals surface area contributed by atoms with E-state index in [0.717, 1.165) is 47.6 Å². The molecule has 1 saturated heterocycles. The van der Waals surface area contributed by atoms with Gasteiger partial charge >= 0.3 is 0 Å². The summed E-state index contributed by atoms with van der Waals surface area (Å²) >= 11 is 1.67. The molecule has 0 aliphatic carbocycles. The molecule has 1 fully saturated rings. The van der Waals surface area contributed by atoms with E-state index in [1.54, 1.807) is 11.8 Å². The molecule has 1 aromatic carbocycles. The van der Waals surface area contributed by atoms with Crippen molar-refractivity contribution in [2.75, 3.05) is 17.7 Å². The molecule has 1 N–H and O–H groups in total. The highest BCUT2D eigenvalue weighted by molar-refractivity contribution is 7.99. The average molecular weight is 346 g/mol. The second-order valence-corrected chi connectivity index (χ2v) is 6.88. The second kappa shape index (κ2) is 7.81. The third-order valence-corrected chi connectivity index (χ3v) is 4.95. The van der Waals surface area contributed by atoms with E-state index in [-0.39, 0.29) is 5.91 Å². The number of thioether (sulfide) groups is 1. The van der Waals surface area contributed by atoms with Crippen LogP contribution in [0.4, 0.5) is 5.69 Å². The van der Waals surface area contributed by atoms with Gasteiger partial charge in [-0.2, -0.15) is 0 Å². The molecule has 2 heterocycles. The predicted molar refractivity (Wildman–Crippen MR) is 94.7 cm³/mol. The zero-order valence-corrected chi connectivity index (χ0v) is 14.8. The fourth-order valence-corrected chi connectivity index (χ4v) is 3.83. The maximum absolute atomic E-state index is 11.3. The number of rotatable bonds is 5. The number of aromatic nitrogens is 3. The number of carbonyl (C=O) groups is 1. The van der Waals surface area contributed by atoms with Gasteiger partial charge in [-0.15, -0.1) is 10.2 Å². The number of nitrogens with zero attached hydrogens (tertiary/aromatic N) is 3. The minimum atomic E-state index is -0.0864. The number of amides is 1. The summed E-state index contributed by atoms with van der Waals surface area (Å²) in [5.41, 5.74) is 1.70. The molecule has 128 valence electrons. The van der Waals surface area contributed by atoms with E-state index in [1.807, 2.05) is 35.8 Å². The number of hydrogen-bond acceptors (Lipinski definition) is 5. The molecule has 0 bridgehead atoms. The second-order valence-electron chi connectivity index (χ2n) is 5.90. The van der Waals surface area contributed by atoms with Gasteiger partial charge in [-0.1, -0.05) is 17.8 Å². The van der Waals surface area contributed by atoms with E-state index < -0.39 is 0 Å². The average Bonchev–Trinajstić information content (AvgIpc) is 2.94. The van der Waals surface area contributed by atoms with E-state index >= 15 is 0 Å². The SMILES string of the molecule is CC(=O)Nc1cccc(-n2c(C)nnc2SC[C@H]2CCCCO2)c1. The molecular weight excluding hydrogens is 324 g/mol. The first-order valence-corrected chi connectivity index (χ1v) is 9.16. The number of anilines is 1. The van der Waals surface area contributed by atoms with Crippen molar-refractivity contribution in [2.45, 2.75) is 44.4 Å². The summed E-state index contributed by atoms with van der Waals surface area (Å²) in [6, 6.07) is 7.70. The van der Waals surface area contributed by atoms with Crippen molar-refractivity contribution in [3.63, 3.8) is 0 Å². The maximum atomic E-state index is 11.3. The van der Waals surface area contributed by atoms with Crippen molar-refractivity contribution >= 4 is 23.4 Å². The number of ether oxygens (including phenoxy) is 1. The van der Waals surface area contributed by atoms with Gasteiger partial charge in [0.25, 0.3) is 0 Å². The van der Waals surface area contributed by atoms with Gasteiger partial charge in [-0.05, 0) is 44.4 Å². The van der Waals surface area contributed by atoms with E-state index in [9.17, 15) is 4.79 Å². The standard InChI is InChI=1S/C17H22N4O2S/c1-12-19-20-17(24-11-16-8-3-4-9-23-16)21(12)15-7-5-6-14(10-15)18-13(2)22/h5-7,10,16H,3-4,8-9,11H2,1-2H3,(H,18,22)/t16-/m1/s1. The van der Waals surface area contributed by atoms with Gasteiger partial charge < -0.3 is 10.1 Å². The molecule has 0 unspecified atom stereocenters. The highest BCUT2D eigenvalue weighted by atomic mass is 32.2. The summed E-state index contributed by atoms with van der Waals surface area (Å²) in [5, 5.41) is 12.2. The number of nitrogens with one attached hydrogen (secondary N) is 1. The van der Waals surface area contributed by atoms with Gasteiger partial charge in [-0.25, -0.2) is 0 Å². The fraction of sp³-hybridized carbons (Fsp3) is 0.471. The van der Waals surface area contributed by atoms with Gasteiger partial charge in [0, 0.05) is 25.0 Å². The van der Waals surface area contributed by atoms with Gasteiger partial charge in [0.1, 0.15) is 5.82 Å². The number of carbonyl (C=O) groups excluding carboxylic acids is 1. The van der Waals surface area contributed by atoms with Crippen LogP contribution < -0.4 is 5.32 Å². The molecule has 0 radical (unpaired) electrons.